The van der Waals surface area contributed by atoms with Crippen molar-refractivity contribution in [3.63, 3.8) is 0 Å². The molecule has 2 N–H and O–H groups in total. The number of thioether (sulfide) groups is 1. The van der Waals surface area contributed by atoms with Gasteiger partial charge in [0.15, 0.2) is 0 Å². The van der Waals surface area contributed by atoms with Gasteiger partial charge in [0, 0.05) is 10.2 Å². The predicted molar refractivity (Wildman–Crippen MR) is 82.8 cm³/mol. The second kappa shape index (κ2) is 7.30. The fourth-order valence-corrected chi connectivity index (χ4v) is 2.38. The number of halogens is 1. The first-order chi connectivity index (χ1) is 9.28. The standard InChI is InChI=1S/C12H14BrN5S/c1-2-6-19-12-15-11(17-18-12)16-14-8-9-4-3-5-10(13)7-9/h3-5,7-8H,2,6H2,1H3,(H2,15,16,17,18)/b14-8-. The molecule has 0 aliphatic carbocycles. The van der Waals surface area contributed by atoms with E-state index in [1.807, 2.05) is 24.3 Å². The normalized spacial score (nSPS) is 11.1. The van der Waals surface area contributed by atoms with Crippen molar-refractivity contribution in [1.29, 1.82) is 0 Å². The van der Waals surface area contributed by atoms with Crippen LogP contribution in [0, 0.1) is 0 Å². The van der Waals surface area contributed by atoms with Crippen LogP contribution in [0.1, 0.15) is 18.9 Å². The van der Waals surface area contributed by atoms with Gasteiger partial charge in [0.1, 0.15) is 0 Å². The molecule has 7 heteroatoms. The molecule has 0 saturated carbocycles. The van der Waals surface area contributed by atoms with Gasteiger partial charge < -0.3 is 0 Å². The quantitative estimate of drug-likeness (QED) is 0.480. The van der Waals surface area contributed by atoms with Crippen molar-refractivity contribution in [2.75, 3.05) is 11.2 Å². The molecular formula is C12H14BrN5S. The summed E-state index contributed by atoms with van der Waals surface area (Å²) in [4.78, 5) is 4.26. The van der Waals surface area contributed by atoms with E-state index in [-0.39, 0.29) is 0 Å². The van der Waals surface area contributed by atoms with Crippen molar-refractivity contribution < 1.29 is 0 Å². The lowest BCUT2D eigenvalue weighted by molar-refractivity contribution is 0.968. The Morgan fingerprint density at radius 1 is 1.53 bits per heavy atom. The van der Waals surface area contributed by atoms with Gasteiger partial charge in [0.2, 0.25) is 11.1 Å². The Labute approximate surface area is 124 Å². The minimum absolute atomic E-state index is 0.546. The highest BCUT2D eigenvalue weighted by Crippen LogP contribution is 2.14. The molecule has 0 spiro atoms. The number of rotatable bonds is 6. The summed E-state index contributed by atoms with van der Waals surface area (Å²) in [5, 5.41) is 11.7. The molecule has 0 amide bonds. The third-order valence-corrected chi connectivity index (χ3v) is 3.68. The smallest absolute Gasteiger partial charge is 0.240 e. The summed E-state index contributed by atoms with van der Waals surface area (Å²) < 4.78 is 1.02. The van der Waals surface area contributed by atoms with Crippen LogP contribution in [0.4, 0.5) is 5.95 Å². The van der Waals surface area contributed by atoms with Crippen LogP contribution in [-0.4, -0.2) is 27.1 Å². The van der Waals surface area contributed by atoms with Gasteiger partial charge >= 0.3 is 0 Å². The van der Waals surface area contributed by atoms with E-state index in [1.54, 1.807) is 18.0 Å². The molecule has 0 atom stereocenters. The summed E-state index contributed by atoms with van der Waals surface area (Å²) in [6, 6.07) is 7.88. The molecule has 0 bridgehead atoms. The Balaban J connectivity index is 1.89. The summed E-state index contributed by atoms with van der Waals surface area (Å²) in [5.41, 5.74) is 3.82. The monoisotopic (exact) mass is 339 g/mol. The van der Waals surface area contributed by atoms with E-state index in [1.165, 1.54) is 0 Å². The van der Waals surface area contributed by atoms with Gasteiger partial charge in [-0.3, -0.25) is 0 Å². The minimum atomic E-state index is 0.546. The number of aromatic nitrogens is 3. The van der Waals surface area contributed by atoms with Gasteiger partial charge in [0.05, 0.1) is 6.21 Å². The molecule has 0 aliphatic rings. The molecule has 2 rings (SSSR count). The van der Waals surface area contributed by atoms with Crippen LogP contribution in [0.15, 0.2) is 39.0 Å². The van der Waals surface area contributed by atoms with Crippen LogP contribution >= 0.6 is 27.7 Å². The van der Waals surface area contributed by atoms with E-state index in [9.17, 15) is 0 Å². The van der Waals surface area contributed by atoms with Crippen molar-refractivity contribution in [1.82, 2.24) is 15.2 Å². The Morgan fingerprint density at radius 3 is 3.21 bits per heavy atom. The summed E-state index contributed by atoms with van der Waals surface area (Å²) in [6.07, 6.45) is 2.83. The van der Waals surface area contributed by atoms with Crippen LogP contribution in [-0.2, 0) is 0 Å². The van der Waals surface area contributed by atoms with Gasteiger partial charge in [-0.1, -0.05) is 46.7 Å². The largest absolute Gasteiger partial charge is 0.246 e. The third kappa shape index (κ3) is 4.68. The SMILES string of the molecule is CCCSc1n[nH]c(N/N=C\c2cccc(Br)c2)n1. The molecule has 0 fully saturated rings. The van der Waals surface area contributed by atoms with Gasteiger partial charge in [-0.15, -0.1) is 5.10 Å². The lowest BCUT2D eigenvalue weighted by atomic mass is 10.2. The van der Waals surface area contributed by atoms with Gasteiger partial charge in [-0.2, -0.15) is 10.1 Å². The van der Waals surface area contributed by atoms with Gasteiger partial charge in [0.25, 0.3) is 0 Å². The van der Waals surface area contributed by atoms with Crippen LogP contribution in [0.5, 0.6) is 0 Å². The van der Waals surface area contributed by atoms with Crippen molar-refractivity contribution in [3.05, 3.63) is 34.3 Å². The average Bonchev–Trinajstić information content (AvgIpc) is 2.84. The summed E-state index contributed by atoms with van der Waals surface area (Å²) in [6.45, 7) is 2.13. The van der Waals surface area contributed by atoms with E-state index in [4.69, 9.17) is 0 Å². The molecule has 1 heterocycles. The molecule has 1 aromatic heterocycles. The number of anilines is 1. The number of nitrogens with zero attached hydrogens (tertiary/aromatic N) is 3. The number of nitrogens with one attached hydrogen (secondary N) is 2. The number of hydrogen-bond donors (Lipinski definition) is 2. The molecule has 100 valence electrons. The minimum Gasteiger partial charge on any atom is -0.246 e. The summed E-state index contributed by atoms with van der Waals surface area (Å²) >= 11 is 5.03. The van der Waals surface area contributed by atoms with E-state index >= 15 is 0 Å². The molecule has 0 unspecified atom stereocenters. The topological polar surface area (TPSA) is 66.0 Å². The van der Waals surface area contributed by atoms with E-state index in [0.717, 1.165) is 27.4 Å². The van der Waals surface area contributed by atoms with E-state index in [0.29, 0.717) is 5.95 Å². The van der Waals surface area contributed by atoms with Crippen LogP contribution < -0.4 is 5.43 Å². The Hall–Kier alpha value is -1.34. The van der Waals surface area contributed by atoms with Gasteiger partial charge in [-0.25, -0.2) is 10.5 Å². The Bertz CT molecular complexity index is 555. The molecule has 2 aromatic rings. The van der Waals surface area contributed by atoms with Crippen molar-refractivity contribution in [2.45, 2.75) is 18.5 Å². The molecular weight excluding hydrogens is 326 g/mol. The maximum absolute atomic E-state index is 4.26. The number of H-pyrrole nitrogens is 1. The highest BCUT2D eigenvalue weighted by atomic mass is 79.9. The average molecular weight is 340 g/mol. The maximum atomic E-state index is 4.26. The maximum Gasteiger partial charge on any atom is 0.240 e. The second-order valence-electron chi connectivity index (χ2n) is 3.74. The first kappa shape index (κ1) is 14.1. The number of hydrazone groups is 1. The van der Waals surface area contributed by atoms with Crippen molar-refractivity contribution >= 4 is 39.9 Å². The molecule has 5 nitrogen and oxygen atoms in total. The Morgan fingerprint density at radius 2 is 2.42 bits per heavy atom. The Kier molecular flexibility index (Phi) is 5.41. The van der Waals surface area contributed by atoms with Crippen molar-refractivity contribution in [2.24, 2.45) is 5.10 Å². The van der Waals surface area contributed by atoms with Crippen LogP contribution in [0.3, 0.4) is 0 Å². The van der Waals surface area contributed by atoms with E-state index < -0.39 is 0 Å². The first-order valence-corrected chi connectivity index (χ1v) is 7.65. The molecule has 0 radical (unpaired) electrons. The fourth-order valence-electron chi connectivity index (χ4n) is 1.31. The fraction of sp³-hybridized carbons (Fsp3) is 0.250. The highest BCUT2D eigenvalue weighted by molar-refractivity contribution is 9.10. The van der Waals surface area contributed by atoms with Crippen LogP contribution in [0.25, 0.3) is 0 Å². The predicted octanol–water partition coefficient (Wildman–Crippen LogP) is 3.52. The number of benzene rings is 1. The molecule has 0 saturated heterocycles. The number of aromatic amines is 1. The van der Waals surface area contributed by atoms with Crippen molar-refractivity contribution in [3.8, 4) is 0 Å². The van der Waals surface area contributed by atoms with Gasteiger partial charge in [-0.05, 0) is 24.1 Å². The zero-order valence-electron chi connectivity index (χ0n) is 10.4. The zero-order chi connectivity index (χ0) is 13.5. The first-order valence-electron chi connectivity index (χ1n) is 5.88. The lowest BCUT2D eigenvalue weighted by Crippen LogP contribution is -1.92. The van der Waals surface area contributed by atoms with E-state index in [2.05, 4.69) is 48.6 Å². The summed E-state index contributed by atoms with van der Waals surface area (Å²) in [5.74, 6) is 1.56. The summed E-state index contributed by atoms with van der Waals surface area (Å²) in [7, 11) is 0. The number of hydrogen-bond acceptors (Lipinski definition) is 5. The second-order valence-corrected chi connectivity index (χ2v) is 5.72. The third-order valence-electron chi connectivity index (χ3n) is 2.13. The molecule has 1 aromatic carbocycles. The van der Waals surface area contributed by atoms with Crippen LogP contribution in [0.2, 0.25) is 0 Å². The highest BCUT2D eigenvalue weighted by Gasteiger charge is 2.01. The molecule has 19 heavy (non-hydrogen) atoms. The lowest BCUT2D eigenvalue weighted by Gasteiger charge is -1.95. The zero-order valence-corrected chi connectivity index (χ0v) is 12.8. The molecule has 0 aliphatic heterocycles.